The standard InChI is InChI=1S/C10H12ClN3O/c11-8-6-13-4-3-7(8)10(14-12)9-2-1-5-15-9/h2-4,6,10,14H,1,5,12H2. The molecule has 0 fully saturated rings. The maximum atomic E-state index is 6.04. The summed E-state index contributed by atoms with van der Waals surface area (Å²) in [4.78, 5) is 3.93. The van der Waals surface area contributed by atoms with Crippen LogP contribution in [-0.4, -0.2) is 11.6 Å². The number of pyridine rings is 1. The minimum atomic E-state index is -0.192. The van der Waals surface area contributed by atoms with E-state index in [1.54, 1.807) is 12.4 Å². The fourth-order valence-corrected chi connectivity index (χ4v) is 1.81. The molecule has 0 saturated carbocycles. The van der Waals surface area contributed by atoms with Gasteiger partial charge in [0.2, 0.25) is 0 Å². The van der Waals surface area contributed by atoms with Crippen molar-refractivity contribution in [1.82, 2.24) is 10.4 Å². The predicted molar refractivity (Wildman–Crippen MR) is 58.0 cm³/mol. The molecule has 0 bridgehead atoms. The average Bonchev–Trinajstić information content (AvgIpc) is 2.75. The topological polar surface area (TPSA) is 60.2 Å². The summed E-state index contributed by atoms with van der Waals surface area (Å²) in [6, 6.07) is 1.64. The smallest absolute Gasteiger partial charge is 0.115 e. The minimum absolute atomic E-state index is 0.192. The van der Waals surface area contributed by atoms with E-state index >= 15 is 0 Å². The first kappa shape index (κ1) is 10.4. The van der Waals surface area contributed by atoms with Crippen LogP contribution >= 0.6 is 11.6 Å². The third-order valence-corrected chi connectivity index (χ3v) is 2.61. The molecule has 1 aromatic rings. The van der Waals surface area contributed by atoms with Gasteiger partial charge in [-0.1, -0.05) is 11.6 Å². The molecule has 2 rings (SSSR count). The highest BCUT2D eigenvalue weighted by atomic mass is 35.5. The second-order valence-electron chi connectivity index (χ2n) is 3.24. The molecule has 5 heteroatoms. The molecule has 0 saturated heterocycles. The van der Waals surface area contributed by atoms with Crippen LogP contribution in [0.4, 0.5) is 0 Å². The Labute approximate surface area is 93.1 Å². The number of halogens is 1. The van der Waals surface area contributed by atoms with Crippen molar-refractivity contribution in [3.8, 4) is 0 Å². The zero-order valence-corrected chi connectivity index (χ0v) is 8.87. The van der Waals surface area contributed by atoms with E-state index in [0.29, 0.717) is 11.6 Å². The molecule has 80 valence electrons. The molecular weight excluding hydrogens is 214 g/mol. The first-order valence-corrected chi connectivity index (χ1v) is 5.09. The molecule has 15 heavy (non-hydrogen) atoms. The van der Waals surface area contributed by atoms with E-state index in [9.17, 15) is 0 Å². The zero-order chi connectivity index (χ0) is 10.7. The van der Waals surface area contributed by atoms with Gasteiger partial charge in [0.05, 0.1) is 11.6 Å². The molecule has 0 spiro atoms. The molecule has 1 aromatic heterocycles. The molecular formula is C10H12ClN3O. The fourth-order valence-electron chi connectivity index (χ4n) is 1.58. The molecule has 2 heterocycles. The number of hydrogen-bond donors (Lipinski definition) is 2. The Bertz CT molecular complexity index is 381. The zero-order valence-electron chi connectivity index (χ0n) is 8.11. The highest BCUT2D eigenvalue weighted by molar-refractivity contribution is 6.31. The van der Waals surface area contributed by atoms with Gasteiger partial charge >= 0.3 is 0 Å². The van der Waals surface area contributed by atoms with E-state index in [0.717, 1.165) is 17.7 Å². The van der Waals surface area contributed by atoms with Gasteiger partial charge < -0.3 is 4.74 Å². The number of nitrogens with zero attached hydrogens (tertiary/aromatic N) is 1. The SMILES string of the molecule is NNC(C1=CCCO1)c1ccncc1Cl. The summed E-state index contributed by atoms with van der Waals surface area (Å²) in [6.45, 7) is 0.705. The van der Waals surface area contributed by atoms with Crippen LogP contribution in [0.15, 0.2) is 30.3 Å². The van der Waals surface area contributed by atoms with Gasteiger partial charge in [-0.25, -0.2) is 5.43 Å². The van der Waals surface area contributed by atoms with Gasteiger partial charge in [-0.2, -0.15) is 0 Å². The molecule has 0 radical (unpaired) electrons. The van der Waals surface area contributed by atoms with Crippen molar-refractivity contribution < 1.29 is 4.74 Å². The lowest BCUT2D eigenvalue weighted by molar-refractivity contribution is 0.215. The largest absolute Gasteiger partial charge is 0.496 e. The van der Waals surface area contributed by atoms with Crippen LogP contribution in [-0.2, 0) is 4.74 Å². The maximum Gasteiger partial charge on any atom is 0.115 e. The van der Waals surface area contributed by atoms with E-state index in [1.807, 2.05) is 12.1 Å². The number of hydrogen-bond acceptors (Lipinski definition) is 4. The van der Waals surface area contributed by atoms with E-state index < -0.39 is 0 Å². The van der Waals surface area contributed by atoms with E-state index in [1.165, 1.54) is 0 Å². The number of rotatable bonds is 3. The molecule has 0 amide bonds. The van der Waals surface area contributed by atoms with Crippen LogP contribution in [0.25, 0.3) is 0 Å². The monoisotopic (exact) mass is 225 g/mol. The molecule has 1 aliphatic rings. The molecule has 1 atom stereocenters. The van der Waals surface area contributed by atoms with Crippen molar-refractivity contribution in [1.29, 1.82) is 0 Å². The molecule has 1 aliphatic heterocycles. The third-order valence-electron chi connectivity index (χ3n) is 2.30. The molecule has 3 N–H and O–H groups in total. The lowest BCUT2D eigenvalue weighted by atomic mass is 10.1. The molecule has 1 unspecified atom stereocenters. The van der Waals surface area contributed by atoms with Crippen LogP contribution in [0.2, 0.25) is 5.02 Å². The summed E-state index contributed by atoms with van der Waals surface area (Å²) in [5, 5.41) is 0.580. The first-order chi connectivity index (χ1) is 7.33. The number of nitrogens with two attached hydrogens (primary N) is 1. The Morgan fingerprint density at radius 1 is 1.60 bits per heavy atom. The number of ether oxygens (including phenoxy) is 1. The highest BCUT2D eigenvalue weighted by Gasteiger charge is 2.21. The van der Waals surface area contributed by atoms with E-state index in [-0.39, 0.29) is 6.04 Å². The van der Waals surface area contributed by atoms with Crippen LogP contribution in [0.1, 0.15) is 18.0 Å². The molecule has 0 aromatic carbocycles. The number of nitrogens with one attached hydrogen (secondary N) is 1. The Hall–Kier alpha value is -1.10. The Morgan fingerprint density at radius 3 is 3.07 bits per heavy atom. The quantitative estimate of drug-likeness (QED) is 0.605. The first-order valence-electron chi connectivity index (χ1n) is 4.71. The lowest BCUT2D eigenvalue weighted by Crippen LogP contribution is -2.29. The molecule has 4 nitrogen and oxygen atoms in total. The average molecular weight is 226 g/mol. The summed E-state index contributed by atoms with van der Waals surface area (Å²) >= 11 is 6.04. The number of hydrazine groups is 1. The maximum absolute atomic E-state index is 6.04. The van der Waals surface area contributed by atoms with Gasteiger partial charge in [0, 0.05) is 18.8 Å². The van der Waals surface area contributed by atoms with Crippen molar-refractivity contribution in [2.75, 3.05) is 6.61 Å². The summed E-state index contributed by atoms with van der Waals surface area (Å²) in [5.41, 5.74) is 3.57. The van der Waals surface area contributed by atoms with Gasteiger partial charge in [-0.05, 0) is 17.7 Å². The fraction of sp³-hybridized carbons (Fsp3) is 0.300. The summed E-state index contributed by atoms with van der Waals surface area (Å²) in [6.07, 6.45) is 6.20. The Balaban J connectivity index is 2.30. The summed E-state index contributed by atoms with van der Waals surface area (Å²) < 4.78 is 5.45. The van der Waals surface area contributed by atoms with Gasteiger partial charge in [0.25, 0.3) is 0 Å². The van der Waals surface area contributed by atoms with Gasteiger partial charge in [-0.3, -0.25) is 10.8 Å². The van der Waals surface area contributed by atoms with Crippen molar-refractivity contribution in [3.63, 3.8) is 0 Å². The normalized spacial score (nSPS) is 17.1. The second-order valence-corrected chi connectivity index (χ2v) is 3.65. The number of aromatic nitrogens is 1. The summed E-state index contributed by atoms with van der Waals surface area (Å²) in [5.74, 6) is 6.33. The van der Waals surface area contributed by atoms with Crippen LogP contribution in [0.3, 0.4) is 0 Å². The van der Waals surface area contributed by atoms with Crippen LogP contribution in [0.5, 0.6) is 0 Å². The van der Waals surface area contributed by atoms with Gasteiger partial charge in [0.15, 0.2) is 0 Å². The van der Waals surface area contributed by atoms with Gasteiger partial charge in [0.1, 0.15) is 11.8 Å². The van der Waals surface area contributed by atoms with Gasteiger partial charge in [-0.15, -0.1) is 0 Å². The summed E-state index contributed by atoms with van der Waals surface area (Å²) in [7, 11) is 0. The van der Waals surface area contributed by atoms with Crippen LogP contribution in [0, 0.1) is 0 Å². The van der Waals surface area contributed by atoms with Crippen LogP contribution < -0.4 is 11.3 Å². The van der Waals surface area contributed by atoms with Crippen molar-refractivity contribution >= 4 is 11.6 Å². The highest BCUT2D eigenvalue weighted by Crippen LogP contribution is 2.29. The van der Waals surface area contributed by atoms with E-state index in [4.69, 9.17) is 22.2 Å². The Morgan fingerprint density at radius 2 is 2.47 bits per heavy atom. The third kappa shape index (κ3) is 2.12. The molecule has 0 aliphatic carbocycles. The predicted octanol–water partition coefficient (Wildman–Crippen LogP) is 1.54. The minimum Gasteiger partial charge on any atom is -0.496 e. The van der Waals surface area contributed by atoms with Crippen molar-refractivity contribution in [3.05, 3.63) is 40.9 Å². The lowest BCUT2D eigenvalue weighted by Gasteiger charge is -2.18. The van der Waals surface area contributed by atoms with Crippen molar-refractivity contribution in [2.24, 2.45) is 5.84 Å². The van der Waals surface area contributed by atoms with E-state index in [2.05, 4.69) is 10.4 Å². The van der Waals surface area contributed by atoms with Crippen molar-refractivity contribution in [2.45, 2.75) is 12.5 Å². The Kier molecular flexibility index (Phi) is 3.20. The second kappa shape index (κ2) is 4.61.